The highest BCUT2D eigenvalue weighted by molar-refractivity contribution is 5.85. The van der Waals surface area contributed by atoms with E-state index in [0.29, 0.717) is 5.56 Å². The summed E-state index contributed by atoms with van der Waals surface area (Å²) in [5.41, 5.74) is 2.36. The standard InChI is InChI=1S/C17H21N3O/c1-4-5-9-12-19(3)17-16(13-21)14(2)18-20(17)15-10-7-6-8-11-15/h4,6-8,10-11,13H,1,5,9,12H2,2-3H3. The van der Waals surface area contributed by atoms with Gasteiger partial charge in [-0.3, -0.25) is 4.79 Å². The molecular formula is C17H21N3O. The number of para-hydroxylation sites is 1. The van der Waals surface area contributed by atoms with E-state index in [1.807, 2.05) is 55.1 Å². The highest BCUT2D eigenvalue weighted by Gasteiger charge is 2.19. The smallest absolute Gasteiger partial charge is 0.155 e. The van der Waals surface area contributed by atoms with Gasteiger partial charge in [0.25, 0.3) is 0 Å². The average molecular weight is 283 g/mol. The van der Waals surface area contributed by atoms with Crippen LogP contribution in [0.2, 0.25) is 0 Å². The van der Waals surface area contributed by atoms with Gasteiger partial charge in [-0.2, -0.15) is 5.10 Å². The van der Waals surface area contributed by atoms with Gasteiger partial charge < -0.3 is 4.90 Å². The Morgan fingerprint density at radius 1 is 1.33 bits per heavy atom. The van der Waals surface area contributed by atoms with Crippen LogP contribution in [-0.4, -0.2) is 29.7 Å². The van der Waals surface area contributed by atoms with Gasteiger partial charge >= 0.3 is 0 Å². The van der Waals surface area contributed by atoms with Crippen LogP contribution in [0, 0.1) is 6.92 Å². The molecule has 21 heavy (non-hydrogen) atoms. The summed E-state index contributed by atoms with van der Waals surface area (Å²) in [6.07, 6.45) is 4.76. The minimum absolute atomic E-state index is 0.653. The molecule has 0 radical (unpaired) electrons. The first-order chi connectivity index (χ1) is 10.2. The fraction of sp³-hybridized carbons (Fsp3) is 0.294. The number of nitrogens with zero attached hydrogens (tertiary/aromatic N) is 3. The summed E-state index contributed by atoms with van der Waals surface area (Å²) in [5, 5.41) is 4.52. The van der Waals surface area contributed by atoms with Crippen molar-refractivity contribution < 1.29 is 4.79 Å². The molecular weight excluding hydrogens is 262 g/mol. The maximum Gasteiger partial charge on any atom is 0.155 e. The fourth-order valence-electron chi connectivity index (χ4n) is 2.36. The third-order valence-corrected chi connectivity index (χ3v) is 3.46. The lowest BCUT2D eigenvalue weighted by Gasteiger charge is -2.21. The number of hydrogen-bond donors (Lipinski definition) is 0. The first kappa shape index (κ1) is 15.0. The molecule has 0 amide bonds. The molecule has 1 heterocycles. The summed E-state index contributed by atoms with van der Waals surface area (Å²) >= 11 is 0. The normalized spacial score (nSPS) is 10.4. The molecule has 0 bridgehead atoms. The quantitative estimate of drug-likeness (QED) is 0.444. The van der Waals surface area contributed by atoms with E-state index in [2.05, 4.69) is 16.6 Å². The molecule has 0 aliphatic heterocycles. The molecule has 0 fully saturated rings. The van der Waals surface area contributed by atoms with Gasteiger partial charge in [-0.1, -0.05) is 24.3 Å². The Kier molecular flexibility index (Phi) is 4.93. The molecule has 1 aromatic carbocycles. The topological polar surface area (TPSA) is 38.1 Å². The molecule has 0 spiro atoms. The number of aldehydes is 1. The van der Waals surface area contributed by atoms with E-state index in [-0.39, 0.29) is 0 Å². The summed E-state index contributed by atoms with van der Waals surface area (Å²) in [6.45, 7) is 6.46. The number of hydrogen-bond acceptors (Lipinski definition) is 3. The Hall–Kier alpha value is -2.36. The number of unbranched alkanes of at least 4 members (excludes halogenated alkanes) is 1. The number of aromatic nitrogens is 2. The van der Waals surface area contributed by atoms with Crippen molar-refractivity contribution in [3.05, 3.63) is 54.2 Å². The van der Waals surface area contributed by atoms with E-state index in [1.165, 1.54) is 0 Å². The number of benzene rings is 1. The van der Waals surface area contributed by atoms with E-state index in [0.717, 1.165) is 42.9 Å². The molecule has 0 aliphatic carbocycles. The van der Waals surface area contributed by atoms with E-state index in [1.54, 1.807) is 0 Å². The average Bonchev–Trinajstić information content (AvgIpc) is 2.85. The van der Waals surface area contributed by atoms with E-state index in [4.69, 9.17) is 0 Å². The fourth-order valence-corrected chi connectivity index (χ4v) is 2.36. The maximum atomic E-state index is 11.4. The van der Waals surface area contributed by atoms with Crippen LogP contribution in [0.1, 0.15) is 28.9 Å². The van der Waals surface area contributed by atoms with Crippen LogP contribution in [0.5, 0.6) is 0 Å². The first-order valence-electron chi connectivity index (χ1n) is 7.11. The third-order valence-electron chi connectivity index (χ3n) is 3.46. The SMILES string of the molecule is C=CCCCN(C)c1c(C=O)c(C)nn1-c1ccccc1. The molecule has 0 aliphatic rings. The summed E-state index contributed by atoms with van der Waals surface area (Å²) in [7, 11) is 1.99. The zero-order valence-corrected chi connectivity index (χ0v) is 12.6. The summed E-state index contributed by atoms with van der Waals surface area (Å²) in [5.74, 6) is 0.845. The van der Waals surface area contributed by atoms with Crippen LogP contribution in [0.25, 0.3) is 5.69 Å². The van der Waals surface area contributed by atoms with Crippen molar-refractivity contribution in [2.45, 2.75) is 19.8 Å². The molecule has 0 N–H and O–H groups in total. The Balaban J connectivity index is 2.42. The Morgan fingerprint density at radius 3 is 2.67 bits per heavy atom. The second-order valence-corrected chi connectivity index (χ2v) is 5.04. The van der Waals surface area contributed by atoms with Gasteiger partial charge in [0, 0.05) is 13.6 Å². The number of carbonyl (C=O) groups is 1. The van der Waals surface area contributed by atoms with Crippen molar-refractivity contribution in [3.8, 4) is 5.69 Å². The molecule has 0 atom stereocenters. The van der Waals surface area contributed by atoms with Crippen LogP contribution in [0.15, 0.2) is 43.0 Å². The Morgan fingerprint density at radius 2 is 2.05 bits per heavy atom. The van der Waals surface area contributed by atoms with Crippen molar-refractivity contribution in [2.75, 3.05) is 18.5 Å². The largest absolute Gasteiger partial charge is 0.359 e. The van der Waals surface area contributed by atoms with Gasteiger partial charge in [0.2, 0.25) is 0 Å². The van der Waals surface area contributed by atoms with Gasteiger partial charge in [-0.05, 0) is 31.9 Å². The van der Waals surface area contributed by atoms with Crippen molar-refractivity contribution in [1.82, 2.24) is 9.78 Å². The minimum Gasteiger partial charge on any atom is -0.359 e. The lowest BCUT2D eigenvalue weighted by Crippen LogP contribution is -2.22. The highest BCUT2D eigenvalue weighted by atomic mass is 16.1. The number of allylic oxidation sites excluding steroid dienone is 1. The first-order valence-corrected chi connectivity index (χ1v) is 7.11. The zero-order valence-electron chi connectivity index (χ0n) is 12.6. The van der Waals surface area contributed by atoms with Crippen LogP contribution in [0.3, 0.4) is 0 Å². The van der Waals surface area contributed by atoms with E-state index >= 15 is 0 Å². The number of carbonyl (C=O) groups excluding carboxylic acids is 1. The molecule has 2 rings (SSSR count). The number of anilines is 1. The molecule has 4 heteroatoms. The lowest BCUT2D eigenvalue weighted by molar-refractivity contribution is 0.112. The van der Waals surface area contributed by atoms with Gasteiger partial charge in [-0.25, -0.2) is 4.68 Å². The van der Waals surface area contributed by atoms with E-state index < -0.39 is 0 Å². The summed E-state index contributed by atoms with van der Waals surface area (Å²) in [6, 6.07) is 9.88. The summed E-state index contributed by atoms with van der Waals surface area (Å²) in [4.78, 5) is 13.5. The van der Waals surface area contributed by atoms with Gasteiger partial charge in [0.1, 0.15) is 5.82 Å². The molecule has 2 aromatic rings. The highest BCUT2D eigenvalue weighted by Crippen LogP contribution is 2.25. The van der Waals surface area contributed by atoms with Crippen molar-refractivity contribution >= 4 is 12.1 Å². The Labute approximate surface area is 125 Å². The third kappa shape index (κ3) is 3.21. The Bertz CT molecular complexity index is 616. The van der Waals surface area contributed by atoms with Crippen LogP contribution in [0.4, 0.5) is 5.82 Å². The number of aryl methyl sites for hydroxylation is 1. The number of rotatable bonds is 7. The molecule has 0 saturated heterocycles. The molecule has 0 saturated carbocycles. The molecule has 1 aromatic heterocycles. The molecule has 4 nitrogen and oxygen atoms in total. The summed E-state index contributed by atoms with van der Waals surface area (Å²) < 4.78 is 1.84. The van der Waals surface area contributed by atoms with Crippen LogP contribution >= 0.6 is 0 Å². The minimum atomic E-state index is 0.653. The second kappa shape index (κ2) is 6.88. The predicted molar refractivity (Wildman–Crippen MR) is 86.4 cm³/mol. The van der Waals surface area contributed by atoms with E-state index in [9.17, 15) is 4.79 Å². The predicted octanol–water partition coefficient (Wildman–Crippen LogP) is 3.40. The molecule has 0 unspecified atom stereocenters. The lowest BCUT2D eigenvalue weighted by atomic mass is 10.2. The maximum absolute atomic E-state index is 11.4. The van der Waals surface area contributed by atoms with Crippen molar-refractivity contribution in [2.24, 2.45) is 0 Å². The monoisotopic (exact) mass is 283 g/mol. The van der Waals surface area contributed by atoms with Crippen molar-refractivity contribution in [3.63, 3.8) is 0 Å². The van der Waals surface area contributed by atoms with Gasteiger partial charge in [0.15, 0.2) is 6.29 Å². The second-order valence-electron chi connectivity index (χ2n) is 5.04. The van der Waals surface area contributed by atoms with Crippen LogP contribution in [-0.2, 0) is 0 Å². The zero-order chi connectivity index (χ0) is 15.2. The molecule has 110 valence electrons. The van der Waals surface area contributed by atoms with Crippen LogP contribution < -0.4 is 4.90 Å². The van der Waals surface area contributed by atoms with Gasteiger partial charge in [0.05, 0.1) is 16.9 Å². The van der Waals surface area contributed by atoms with Crippen molar-refractivity contribution in [1.29, 1.82) is 0 Å². The van der Waals surface area contributed by atoms with Gasteiger partial charge in [-0.15, -0.1) is 6.58 Å².